The number of hydrogen-bond donors (Lipinski definition) is 14. The number of nitrogens with two attached hydrogens (primary N) is 3. The van der Waals surface area contributed by atoms with Crippen LogP contribution in [0.2, 0.25) is 0 Å². The third kappa shape index (κ3) is 20.6. The highest BCUT2D eigenvalue weighted by Gasteiger charge is 2.39. The summed E-state index contributed by atoms with van der Waals surface area (Å²) >= 11 is 0. The van der Waals surface area contributed by atoms with Crippen LogP contribution in [0.4, 0.5) is 4.79 Å². The number of H-pyrrole nitrogens is 1. The third-order valence-electron chi connectivity index (χ3n) is 13.6. The lowest BCUT2D eigenvalue weighted by molar-refractivity contribution is -0.142. The molecule has 1 saturated heterocycles. The summed E-state index contributed by atoms with van der Waals surface area (Å²) in [7, 11) is 0. The van der Waals surface area contributed by atoms with E-state index in [1.165, 1.54) is 29.2 Å². The number of aliphatic hydroxyl groups excluding tert-OH is 1. The van der Waals surface area contributed by atoms with E-state index in [2.05, 4.69) is 52.5 Å². The third-order valence-corrected chi connectivity index (χ3v) is 13.6. The Kier molecular flexibility index (Phi) is 25.3. The Morgan fingerprint density at radius 1 is 0.690 bits per heavy atom. The Morgan fingerprint density at radius 3 is 1.99 bits per heavy atom. The molecule has 0 aliphatic carbocycles. The molecule has 10 amide bonds. The van der Waals surface area contributed by atoms with Gasteiger partial charge in [-0.1, -0.05) is 88.4 Å². The summed E-state index contributed by atoms with van der Waals surface area (Å²) in [5, 5.41) is 41.8. The second kappa shape index (κ2) is 32.4. The summed E-state index contributed by atoms with van der Waals surface area (Å²) in [6.07, 6.45) is 1.46. The van der Waals surface area contributed by atoms with E-state index in [4.69, 9.17) is 21.9 Å². The molecule has 0 radical (unpaired) electrons. The number of aromatic nitrogens is 1. The standard InChI is InChI=1S/C57H78N14O13/c1-32(2)24-41(50(77)66-40(16-10-22-61-56(59)60)55(82)71-23-11-17-45(71)53(80)63-28-46(58)74)65-47(75)29-64-49(76)42(25-34-18-20-37(73)21-19-34)67-52(79)44(30-72)69-51(78)43(26-36-27-62-39-15-9-8-14-38(36)39)68-54(81)48(33(3)4)70-57(83)84-31-35-12-6-5-7-13-35/h5-9,12-15,18-21,27,32-33,40-45,48,62,72-73H,10-11,16-17,22-26,28-31H2,1-4H3,(H2,58,74)(H,63,80)(H,64,76)(H,65,75)(H,66,77)(H,67,79)(H,68,81)(H,69,78)(H,70,83)(H4,59,60,61)/t40-,41-,42-,43-,44-,45-,48-/m0/s1. The lowest BCUT2D eigenvalue weighted by atomic mass is 10.0. The van der Waals surface area contributed by atoms with Gasteiger partial charge in [0.05, 0.1) is 19.7 Å². The number of guanidine groups is 1. The number of alkyl carbamates (subject to hydrolysis) is 1. The quantitative estimate of drug-likeness (QED) is 0.0161. The van der Waals surface area contributed by atoms with E-state index in [0.29, 0.717) is 23.1 Å². The van der Waals surface area contributed by atoms with Gasteiger partial charge < -0.3 is 84.6 Å². The number of fused-ring (bicyclic) bond motifs is 1. The molecular weight excluding hydrogens is 1090 g/mol. The predicted octanol–water partition coefficient (Wildman–Crippen LogP) is -1.17. The van der Waals surface area contributed by atoms with Crippen molar-refractivity contribution in [3.8, 4) is 5.75 Å². The number of benzene rings is 3. The van der Waals surface area contributed by atoms with E-state index in [0.717, 1.165) is 10.9 Å². The number of phenols is 1. The first-order valence-electron chi connectivity index (χ1n) is 27.6. The van der Waals surface area contributed by atoms with E-state index < -0.39 is 127 Å². The van der Waals surface area contributed by atoms with Crippen LogP contribution in [0, 0.1) is 11.8 Å². The van der Waals surface area contributed by atoms with Gasteiger partial charge >= 0.3 is 6.09 Å². The Balaban J connectivity index is 1.30. The number of likely N-dealkylation sites (tertiary alicyclic amines) is 1. The summed E-state index contributed by atoms with van der Waals surface area (Å²) in [6.45, 7) is 4.98. The molecule has 1 aliphatic rings. The van der Waals surface area contributed by atoms with Gasteiger partial charge in [-0.25, -0.2) is 4.79 Å². The Hall–Kier alpha value is -9.27. The number of ether oxygens (including phenoxy) is 1. The second-order valence-electron chi connectivity index (χ2n) is 21.1. The maximum absolute atomic E-state index is 14.3. The first-order chi connectivity index (χ1) is 40.0. The summed E-state index contributed by atoms with van der Waals surface area (Å²) in [5.41, 5.74) is 18.7. The molecule has 1 aliphatic heterocycles. The van der Waals surface area contributed by atoms with Crippen molar-refractivity contribution in [2.45, 2.75) is 122 Å². The topological polar surface area (TPSA) is 426 Å². The van der Waals surface area contributed by atoms with Gasteiger partial charge in [0.25, 0.3) is 0 Å². The number of para-hydroxylation sites is 1. The first kappa shape index (κ1) is 65.5. The molecule has 0 spiro atoms. The molecule has 454 valence electrons. The van der Waals surface area contributed by atoms with Crippen molar-refractivity contribution in [3.05, 3.63) is 102 Å². The lowest BCUT2D eigenvalue weighted by Crippen LogP contribution is -2.60. The average Bonchev–Trinajstić information content (AvgIpc) is 4.18. The monoisotopic (exact) mass is 1170 g/mol. The second-order valence-corrected chi connectivity index (χ2v) is 21.1. The molecule has 27 heteroatoms. The minimum absolute atomic E-state index is 0.0228. The van der Waals surface area contributed by atoms with E-state index >= 15 is 0 Å². The van der Waals surface area contributed by atoms with E-state index in [-0.39, 0.29) is 75.8 Å². The maximum Gasteiger partial charge on any atom is 0.408 e. The molecular formula is C57H78N14O13. The van der Waals surface area contributed by atoms with Gasteiger partial charge in [-0.05, 0) is 78.8 Å². The van der Waals surface area contributed by atoms with Gasteiger partial charge in [0, 0.05) is 43.0 Å². The van der Waals surface area contributed by atoms with Crippen LogP contribution in [0.5, 0.6) is 5.75 Å². The molecule has 0 bridgehead atoms. The number of aromatic hydroxyl groups is 1. The maximum atomic E-state index is 14.3. The molecule has 27 nitrogen and oxygen atoms in total. The van der Waals surface area contributed by atoms with E-state index in [1.54, 1.807) is 64.2 Å². The Morgan fingerprint density at radius 2 is 1.32 bits per heavy atom. The molecule has 0 unspecified atom stereocenters. The van der Waals surface area contributed by atoms with Gasteiger partial charge in [0.1, 0.15) is 54.6 Å². The van der Waals surface area contributed by atoms with Gasteiger partial charge in [0.15, 0.2) is 5.96 Å². The zero-order valence-electron chi connectivity index (χ0n) is 47.5. The average molecular weight is 1170 g/mol. The van der Waals surface area contributed by atoms with E-state index in [1.807, 2.05) is 24.3 Å². The lowest BCUT2D eigenvalue weighted by Gasteiger charge is -2.30. The molecule has 2 heterocycles. The number of carbonyl (C=O) groups excluding carboxylic acids is 10. The fourth-order valence-corrected chi connectivity index (χ4v) is 9.30. The van der Waals surface area contributed by atoms with Crippen molar-refractivity contribution < 1.29 is 62.9 Å². The number of nitrogens with one attached hydrogen (secondary N) is 9. The molecule has 1 fully saturated rings. The SMILES string of the molecule is CC(C)C[C@H](NC(=O)CNC(=O)[C@H](Cc1ccc(O)cc1)NC(=O)[C@H](CO)NC(=O)[C@H](Cc1c[nH]c2ccccc12)NC(=O)[C@@H](NC(=O)OCc1ccccc1)C(C)C)C(=O)N[C@@H](CCCN=C(N)N)C(=O)N1CCC[C@H]1C(=O)NCC(N)=O. The van der Waals surface area contributed by atoms with Gasteiger partial charge in [0.2, 0.25) is 53.2 Å². The first-order valence-corrected chi connectivity index (χ1v) is 27.6. The number of carbonyl (C=O) groups is 10. The van der Waals surface area contributed by atoms with Crippen LogP contribution in [-0.4, -0.2) is 160 Å². The highest BCUT2D eigenvalue weighted by atomic mass is 16.5. The minimum Gasteiger partial charge on any atom is -0.508 e. The van der Waals surface area contributed by atoms with Gasteiger partial charge in [-0.2, -0.15) is 0 Å². The molecule has 84 heavy (non-hydrogen) atoms. The van der Waals surface area contributed by atoms with Crippen LogP contribution in [0.1, 0.15) is 76.5 Å². The van der Waals surface area contributed by atoms with Crippen LogP contribution in [0.15, 0.2) is 90.1 Å². The fraction of sp³-hybridized carbons (Fsp3) is 0.456. The molecule has 17 N–H and O–H groups in total. The summed E-state index contributed by atoms with van der Waals surface area (Å²) < 4.78 is 5.36. The number of rotatable bonds is 31. The predicted molar refractivity (Wildman–Crippen MR) is 308 cm³/mol. The van der Waals surface area contributed by atoms with Crippen molar-refractivity contribution in [2.75, 3.05) is 32.8 Å². The zero-order valence-corrected chi connectivity index (χ0v) is 47.5. The van der Waals surface area contributed by atoms with Crippen LogP contribution >= 0.6 is 0 Å². The summed E-state index contributed by atoms with van der Waals surface area (Å²) in [4.78, 5) is 144. The van der Waals surface area contributed by atoms with Crippen LogP contribution < -0.4 is 59.7 Å². The van der Waals surface area contributed by atoms with Crippen molar-refractivity contribution in [1.29, 1.82) is 0 Å². The van der Waals surface area contributed by atoms with Gasteiger partial charge in [-0.15, -0.1) is 0 Å². The Bertz CT molecular complexity index is 2950. The minimum atomic E-state index is -1.72. The smallest absolute Gasteiger partial charge is 0.408 e. The van der Waals surface area contributed by atoms with E-state index in [9.17, 15) is 58.2 Å². The number of aromatic amines is 1. The number of aliphatic hydroxyl groups is 1. The summed E-state index contributed by atoms with van der Waals surface area (Å²) in [5.74, 6) is -8.19. The molecule has 0 saturated carbocycles. The number of primary amides is 1. The largest absolute Gasteiger partial charge is 0.508 e. The molecule has 3 aromatic carbocycles. The Labute approximate surface area is 485 Å². The molecule has 4 aromatic rings. The zero-order chi connectivity index (χ0) is 61.5. The number of hydrogen-bond acceptors (Lipinski definition) is 14. The fourth-order valence-electron chi connectivity index (χ4n) is 9.30. The number of amides is 10. The molecule has 1 aromatic heterocycles. The van der Waals surface area contributed by atoms with Crippen LogP contribution in [0.3, 0.4) is 0 Å². The number of aliphatic imine (C=N–C) groups is 1. The van der Waals surface area contributed by atoms with Crippen LogP contribution in [-0.2, 0) is 67.3 Å². The highest BCUT2D eigenvalue weighted by molar-refractivity contribution is 5.98. The number of nitrogens with zero attached hydrogens (tertiary/aromatic N) is 2. The van der Waals surface area contributed by atoms with Crippen LogP contribution in [0.25, 0.3) is 10.9 Å². The normalized spacial score (nSPS) is 15.0. The van der Waals surface area contributed by atoms with Gasteiger partial charge in [-0.3, -0.25) is 48.1 Å². The highest BCUT2D eigenvalue weighted by Crippen LogP contribution is 2.22. The number of phenolic OH excluding ortho intramolecular Hbond substituents is 1. The van der Waals surface area contributed by atoms with Crippen molar-refractivity contribution >= 4 is 76.1 Å². The molecule has 5 rings (SSSR count). The van der Waals surface area contributed by atoms with Crippen molar-refractivity contribution in [2.24, 2.45) is 34.0 Å². The van der Waals surface area contributed by atoms with Crippen molar-refractivity contribution in [1.82, 2.24) is 52.4 Å². The molecule has 7 atom stereocenters. The summed E-state index contributed by atoms with van der Waals surface area (Å²) in [6, 6.07) is 12.5. The van der Waals surface area contributed by atoms with Crippen molar-refractivity contribution in [3.63, 3.8) is 0 Å².